The maximum absolute atomic E-state index is 12.3. The molecule has 4 N–H and O–H groups in total. The second-order valence-electron chi connectivity index (χ2n) is 4.27. The Morgan fingerprint density at radius 2 is 2.10 bits per heavy atom. The lowest BCUT2D eigenvalue weighted by molar-refractivity contribution is -0.121. The van der Waals surface area contributed by atoms with Crippen molar-refractivity contribution in [1.82, 2.24) is 0 Å². The zero-order chi connectivity index (χ0) is 15.4. The molecule has 1 aliphatic rings. The predicted octanol–water partition coefficient (Wildman–Crippen LogP) is 0.639. The van der Waals surface area contributed by atoms with Gasteiger partial charge in [0, 0.05) is 6.42 Å². The fourth-order valence-electron chi connectivity index (χ4n) is 2.00. The monoisotopic (exact) mass is 308 g/mol. The van der Waals surface area contributed by atoms with E-state index in [1.165, 1.54) is 0 Å². The summed E-state index contributed by atoms with van der Waals surface area (Å²) in [5.74, 6) is 5.13. The van der Waals surface area contributed by atoms with Crippen molar-refractivity contribution in [2.45, 2.75) is 18.6 Å². The molecule has 2 rings (SSSR count). The number of hydrogen-bond acceptors (Lipinski definition) is 6. The van der Waals surface area contributed by atoms with Crippen molar-refractivity contribution in [3.05, 3.63) is 24.3 Å². The molecule has 1 atom stereocenters. The fraction of sp³-hybridized carbons (Fsp3) is 0.308. The van der Waals surface area contributed by atoms with Gasteiger partial charge in [-0.25, -0.2) is 4.90 Å². The number of hydrogen-bond donors (Lipinski definition) is 2. The molecule has 1 aliphatic heterocycles. The Hall–Kier alpha value is -2.22. The van der Waals surface area contributed by atoms with Crippen LogP contribution in [-0.2, 0) is 9.59 Å². The van der Waals surface area contributed by atoms with E-state index in [1.807, 2.05) is 6.92 Å². The normalized spacial score (nSPS) is 19.2. The number of amides is 2. The van der Waals surface area contributed by atoms with Crippen LogP contribution in [0.1, 0.15) is 13.3 Å². The minimum atomic E-state index is -0.587. The van der Waals surface area contributed by atoms with Gasteiger partial charge in [-0.15, -0.1) is 0 Å². The minimum absolute atomic E-state index is 0.0763. The predicted molar refractivity (Wildman–Crippen MR) is 81.9 cm³/mol. The van der Waals surface area contributed by atoms with E-state index in [0.29, 0.717) is 18.0 Å². The van der Waals surface area contributed by atoms with E-state index in [0.717, 1.165) is 16.7 Å². The lowest BCUT2D eigenvalue weighted by Crippen LogP contribution is -2.31. The number of carbonyl (C=O) groups is 2. The van der Waals surface area contributed by atoms with Gasteiger partial charge >= 0.3 is 0 Å². The molecular formula is C13H16N4O3S. The Balaban J connectivity index is 2.16. The van der Waals surface area contributed by atoms with Crippen molar-refractivity contribution >= 4 is 34.4 Å². The Bertz CT molecular complexity index is 573. The first-order valence-electron chi connectivity index (χ1n) is 6.36. The second-order valence-corrected chi connectivity index (χ2v) is 5.50. The summed E-state index contributed by atoms with van der Waals surface area (Å²) in [5, 5.41) is 2.79. The smallest absolute Gasteiger partial charge is 0.247 e. The molecule has 0 radical (unpaired) electrons. The van der Waals surface area contributed by atoms with Crippen molar-refractivity contribution in [2.24, 2.45) is 16.7 Å². The molecule has 8 heteroatoms. The van der Waals surface area contributed by atoms with Crippen LogP contribution in [0.2, 0.25) is 0 Å². The van der Waals surface area contributed by atoms with Gasteiger partial charge in [-0.3, -0.25) is 9.59 Å². The van der Waals surface area contributed by atoms with E-state index in [-0.39, 0.29) is 23.4 Å². The summed E-state index contributed by atoms with van der Waals surface area (Å²) in [6.45, 7) is 2.43. The van der Waals surface area contributed by atoms with Gasteiger partial charge in [0.25, 0.3) is 0 Å². The molecule has 2 amide bonds. The number of anilines is 1. The van der Waals surface area contributed by atoms with Gasteiger partial charge in [0.15, 0.2) is 5.17 Å². The average molecular weight is 308 g/mol. The largest absolute Gasteiger partial charge is 0.494 e. The Labute approximate surface area is 126 Å². The highest BCUT2D eigenvalue weighted by Crippen LogP contribution is 2.30. The minimum Gasteiger partial charge on any atom is -0.494 e. The summed E-state index contributed by atoms with van der Waals surface area (Å²) >= 11 is 0.995. The molecule has 0 saturated carbocycles. The van der Waals surface area contributed by atoms with Crippen LogP contribution >= 0.6 is 11.8 Å². The lowest BCUT2D eigenvalue weighted by Gasteiger charge is -2.15. The van der Waals surface area contributed by atoms with Gasteiger partial charge in [0.1, 0.15) is 11.0 Å². The molecule has 1 heterocycles. The van der Waals surface area contributed by atoms with Crippen molar-refractivity contribution in [2.75, 3.05) is 11.5 Å². The number of nitrogens with zero attached hydrogens (tertiary/aromatic N) is 2. The third kappa shape index (κ3) is 3.27. The van der Waals surface area contributed by atoms with Crippen LogP contribution in [0.5, 0.6) is 5.75 Å². The van der Waals surface area contributed by atoms with Gasteiger partial charge in [0.2, 0.25) is 11.8 Å². The number of thioether (sulfide) groups is 1. The maximum Gasteiger partial charge on any atom is 0.247 e. The molecule has 21 heavy (non-hydrogen) atoms. The van der Waals surface area contributed by atoms with E-state index >= 15 is 0 Å². The molecule has 1 fully saturated rings. The summed E-state index contributed by atoms with van der Waals surface area (Å²) in [6.07, 6.45) is 0.0763. The topological polar surface area (TPSA) is 111 Å². The number of rotatable bonds is 4. The Morgan fingerprint density at radius 3 is 2.67 bits per heavy atom. The van der Waals surface area contributed by atoms with E-state index in [4.69, 9.17) is 16.3 Å². The number of ether oxygens (including phenoxy) is 1. The molecular weight excluding hydrogens is 292 g/mol. The molecule has 0 aromatic heterocycles. The van der Waals surface area contributed by atoms with Crippen LogP contribution in [0.15, 0.2) is 29.4 Å². The first kappa shape index (κ1) is 15.2. The third-order valence-corrected chi connectivity index (χ3v) is 3.90. The SMILES string of the molecule is CCOc1ccc(N2C(=O)CC(S/C(N)=N/N)C2=O)cc1. The number of nitrogens with two attached hydrogens (primary N) is 2. The highest BCUT2D eigenvalue weighted by molar-refractivity contribution is 8.14. The molecule has 1 aromatic rings. The quantitative estimate of drug-likeness (QED) is 0.277. The first-order valence-corrected chi connectivity index (χ1v) is 7.24. The van der Waals surface area contributed by atoms with Crippen molar-refractivity contribution < 1.29 is 14.3 Å². The summed E-state index contributed by atoms with van der Waals surface area (Å²) in [6, 6.07) is 6.79. The number of amidine groups is 1. The van der Waals surface area contributed by atoms with Gasteiger partial charge in [-0.2, -0.15) is 5.10 Å². The first-order chi connectivity index (χ1) is 10.1. The highest BCUT2D eigenvalue weighted by atomic mass is 32.2. The van der Waals surface area contributed by atoms with Gasteiger partial charge in [-0.1, -0.05) is 11.8 Å². The molecule has 1 aromatic carbocycles. The van der Waals surface area contributed by atoms with Crippen molar-refractivity contribution in [3.63, 3.8) is 0 Å². The summed E-state index contributed by atoms with van der Waals surface area (Å²) in [7, 11) is 0. The van der Waals surface area contributed by atoms with E-state index in [1.54, 1.807) is 24.3 Å². The fourth-order valence-corrected chi connectivity index (χ4v) is 2.79. The Kier molecular flexibility index (Phi) is 4.69. The molecule has 0 bridgehead atoms. The number of imide groups is 1. The van der Waals surface area contributed by atoms with Crippen LogP contribution in [0.4, 0.5) is 5.69 Å². The van der Waals surface area contributed by atoms with E-state index in [9.17, 15) is 9.59 Å². The van der Waals surface area contributed by atoms with E-state index < -0.39 is 5.25 Å². The standard InChI is InChI=1S/C13H16N4O3S/c1-2-20-9-5-3-8(4-6-9)17-11(18)7-10(12(17)19)21-13(14)16-15/h3-6,10H,2,7,15H2,1H3,(H2,14,16). The number of hydrazone groups is 1. The van der Waals surface area contributed by atoms with Crippen LogP contribution in [0.3, 0.4) is 0 Å². The average Bonchev–Trinajstić information content (AvgIpc) is 2.75. The summed E-state index contributed by atoms with van der Waals surface area (Å²) in [4.78, 5) is 25.5. The van der Waals surface area contributed by atoms with Gasteiger partial charge < -0.3 is 16.3 Å². The van der Waals surface area contributed by atoms with Crippen molar-refractivity contribution in [3.8, 4) is 5.75 Å². The van der Waals surface area contributed by atoms with Crippen LogP contribution in [0.25, 0.3) is 0 Å². The van der Waals surface area contributed by atoms with Gasteiger partial charge in [0.05, 0.1) is 12.3 Å². The van der Waals surface area contributed by atoms with Crippen LogP contribution < -0.4 is 21.2 Å². The summed E-state index contributed by atoms with van der Waals surface area (Å²) in [5.41, 5.74) is 6.00. The number of carbonyl (C=O) groups excluding carboxylic acids is 2. The molecule has 0 aliphatic carbocycles. The lowest BCUT2D eigenvalue weighted by atomic mass is 10.3. The van der Waals surface area contributed by atoms with Crippen LogP contribution in [-0.4, -0.2) is 28.8 Å². The second kappa shape index (κ2) is 6.49. The molecule has 112 valence electrons. The zero-order valence-corrected chi connectivity index (χ0v) is 12.3. The summed E-state index contributed by atoms with van der Waals surface area (Å²) < 4.78 is 5.33. The molecule has 1 unspecified atom stereocenters. The Morgan fingerprint density at radius 1 is 1.43 bits per heavy atom. The third-order valence-electron chi connectivity index (χ3n) is 2.90. The van der Waals surface area contributed by atoms with Crippen LogP contribution in [0, 0.1) is 0 Å². The number of benzene rings is 1. The molecule has 1 saturated heterocycles. The van der Waals surface area contributed by atoms with Crippen molar-refractivity contribution in [1.29, 1.82) is 0 Å². The van der Waals surface area contributed by atoms with Gasteiger partial charge in [-0.05, 0) is 31.2 Å². The highest BCUT2D eigenvalue weighted by Gasteiger charge is 2.40. The maximum atomic E-state index is 12.3. The molecule has 7 nitrogen and oxygen atoms in total. The zero-order valence-electron chi connectivity index (χ0n) is 11.5. The molecule has 0 spiro atoms. The van der Waals surface area contributed by atoms with E-state index in [2.05, 4.69) is 5.10 Å².